The number of benzene rings is 1. The van der Waals surface area contributed by atoms with Crippen LogP contribution in [0.4, 0.5) is 10.1 Å². The molecule has 0 saturated carbocycles. The van der Waals surface area contributed by atoms with E-state index in [1.165, 1.54) is 29.5 Å². The first-order valence-electron chi connectivity index (χ1n) is 6.36. The number of thiazole rings is 1. The van der Waals surface area contributed by atoms with Crippen LogP contribution in [0.2, 0.25) is 0 Å². The molecule has 1 aromatic heterocycles. The Kier molecular flexibility index (Phi) is 3.40. The van der Waals surface area contributed by atoms with Gasteiger partial charge in [0.25, 0.3) is 5.91 Å². The highest BCUT2D eigenvalue weighted by atomic mass is 32.1. The van der Waals surface area contributed by atoms with Gasteiger partial charge in [0, 0.05) is 18.0 Å². The maximum absolute atomic E-state index is 13.5. The van der Waals surface area contributed by atoms with Crippen molar-refractivity contribution in [2.24, 2.45) is 0 Å². The van der Waals surface area contributed by atoms with Gasteiger partial charge in [0.2, 0.25) is 0 Å². The van der Waals surface area contributed by atoms with E-state index >= 15 is 0 Å². The number of carbonyl (C=O) groups excluding carboxylic acids is 1. The Bertz CT molecular complexity index is 629. The number of nitrogens with one attached hydrogen (secondary N) is 1. The number of rotatable bonds is 2. The lowest BCUT2D eigenvalue weighted by Crippen LogP contribution is -2.38. The van der Waals surface area contributed by atoms with Gasteiger partial charge in [-0.05, 0) is 25.1 Å². The molecule has 1 aromatic carbocycles. The second-order valence-corrected chi connectivity index (χ2v) is 5.61. The summed E-state index contributed by atoms with van der Waals surface area (Å²) >= 11 is 1.52. The molecule has 2 aromatic rings. The monoisotopic (exact) mass is 291 g/mol. The van der Waals surface area contributed by atoms with Crippen LogP contribution in [0.3, 0.4) is 0 Å². The summed E-state index contributed by atoms with van der Waals surface area (Å²) in [5, 5.41) is 4.87. The van der Waals surface area contributed by atoms with Crippen LogP contribution in [0.1, 0.15) is 23.0 Å². The number of nitrogens with zero attached hydrogens (tertiary/aromatic N) is 2. The molecule has 104 valence electrons. The molecular weight excluding hydrogens is 277 g/mol. The maximum atomic E-state index is 13.5. The number of hydrogen-bond acceptors (Lipinski definition) is 4. The Morgan fingerprint density at radius 3 is 3.15 bits per heavy atom. The van der Waals surface area contributed by atoms with Crippen molar-refractivity contribution in [2.75, 3.05) is 11.4 Å². The highest BCUT2D eigenvalue weighted by molar-refractivity contribution is 7.07. The Hall–Kier alpha value is -1.95. The Morgan fingerprint density at radius 1 is 1.55 bits per heavy atom. The third-order valence-corrected chi connectivity index (χ3v) is 3.89. The number of aromatic nitrogens is 1. The predicted molar refractivity (Wildman–Crippen MR) is 76.5 cm³/mol. The van der Waals surface area contributed by atoms with Crippen LogP contribution >= 0.6 is 11.3 Å². The minimum atomic E-state index is -0.339. The number of anilines is 1. The molecule has 1 aliphatic rings. The lowest BCUT2D eigenvalue weighted by molar-refractivity contribution is 0.0945. The van der Waals surface area contributed by atoms with E-state index in [2.05, 4.69) is 10.3 Å². The van der Waals surface area contributed by atoms with Gasteiger partial charge < -0.3 is 10.2 Å². The van der Waals surface area contributed by atoms with Gasteiger partial charge in [-0.1, -0.05) is 0 Å². The zero-order chi connectivity index (χ0) is 14.1. The summed E-state index contributed by atoms with van der Waals surface area (Å²) in [5.74, 6) is -0.498. The van der Waals surface area contributed by atoms with Crippen LogP contribution in [0.5, 0.6) is 0 Å². The fourth-order valence-electron chi connectivity index (χ4n) is 2.40. The number of amides is 1. The van der Waals surface area contributed by atoms with Crippen molar-refractivity contribution < 1.29 is 9.18 Å². The molecule has 1 amide bonds. The van der Waals surface area contributed by atoms with E-state index in [9.17, 15) is 9.18 Å². The van der Waals surface area contributed by atoms with Crippen LogP contribution < -0.4 is 10.2 Å². The van der Waals surface area contributed by atoms with Gasteiger partial charge >= 0.3 is 0 Å². The second-order valence-electron chi connectivity index (χ2n) is 4.90. The Balaban J connectivity index is 2.01. The largest absolute Gasteiger partial charge is 0.363 e. The van der Waals surface area contributed by atoms with Gasteiger partial charge in [0.15, 0.2) is 0 Å². The SMILES string of the molecule is CC1CN(Cc2cscn2)c2cc(F)ccc2C(=O)N1. The second kappa shape index (κ2) is 5.20. The summed E-state index contributed by atoms with van der Waals surface area (Å²) in [7, 11) is 0. The van der Waals surface area contributed by atoms with Crippen molar-refractivity contribution in [3.8, 4) is 0 Å². The number of halogens is 1. The van der Waals surface area contributed by atoms with E-state index in [0.717, 1.165) is 5.69 Å². The van der Waals surface area contributed by atoms with Crippen LogP contribution in [-0.4, -0.2) is 23.5 Å². The lowest BCUT2D eigenvalue weighted by Gasteiger charge is -2.25. The van der Waals surface area contributed by atoms with E-state index in [0.29, 0.717) is 24.3 Å². The summed E-state index contributed by atoms with van der Waals surface area (Å²) in [6.45, 7) is 3.13. The summed E-state index contributed by atoms with van der Waals surface area (Å²) in [6.07, 6.45) is 0. The molecule has 4 nitrogen and oxygen atoms in total. The zero-order valence-electron chi connectivity index (χ0n) is 11.0. The smallest absolute Gasteiger partial charge is 0.253 e. The fraction of sp³-hybridized carbons (Fsp3) is 0.286. The standard InChI is InChI=1S/C14H14FN3OS/c1-9-5-18(6-11-7-20-8-16-11)13-4-10(15)2-3-12(13)14(19)17-9/h2-4,7-9H,5-6H2,1H3,(H,17,19). The third-order valence-electron chi connectivity index (χ3n) is 3.25. The van der Waals surface area contributed by atoms with Gasteiger partial charge in [-0.25, -0.2) is 9.37 Å². The summed E-state index contributed by atoms with van der Waals surface area (Å²) < 4.78 is 13.5. The Labute approximate surface area is 120 Å². The van der Waals surface area contributed by atoms with Gasteiger partial charge in [0.05, 0.1) is 29.0 Å². The van der Waals surface area contributed by atoms with E-state index in [1.54, 1.807) is 5.51 Å². The normalized spacial score (nSPS) is 18.4. The van der Waals surface area contributed by atoms with Gasteiger partial charge in [-0.3, -0.25) is 4.79 Å². The minimum Gasteiger partial charge on any atom is -0.363 e. The quantitative estimate of drug-likeness (QED) is 0.924. The number of fused-ring (bicyclic) bond motifs is 1. The van der Waals surface area contributed by atoms with E-state index in [-0.39, 0.29) is 17.8 Å². The molecule has 1 N–H and O–H groups in total. The third kappa shape index (κ3) is 2.51. The molecule has 6 heteroatoms. The van der Waals surface area contributed by atoms with Crippen LogP contribution in [0, 0.1) is 5.82 Å². The van der Waals surface area contributed by atoms with Crippen molar-refractivity contribution >= 4 is 22.9 Å². The summed E-state index contributed by atoms with van der Waals surface area (Å²) in [4.78, 5) is 18.4. The topological polar surface area (TPSA) is 45.2 Å². The highest BCUT2D eigenvalue weighted by Gasteiger charge is 2.25. The average Bonchev–Trinajstić information content (AvgIpc) is 2.86. The molecule has 1 unspecified atom stereocenters. The zero-order valence-corrected chi connectivity index (χ0v) is 11.8. The molecule has 1 atom stereocenters. The molecule has 3 rings (SSSR count). The first-order chi connectivity index (χ1) is 9.63. The van der Waals surface area contributed by atoms with E-state index in [4.69, 9.17) is 0 Å². The Morgan fingerprint density at radius 2 is 2.40 bits per heavy atom. The molecule has 0 fully saturated rings. The molecular formula is C14H14FN3OS. The lowest BCUT2D eigenvalue weighted by atomic mass is 10.1. The van der Waals surface area contributed by atoms with Crippen molar-refractivity contribution in [3.63, 3.8) is 0 Å². The number of carbonyl (C=O) groups is 1. The van der Waals surface area contributed by atoms with Crippen LogP contribution in [-0.2, 0) is 6.54 Å². The molecule has 20 heavy (non-hydrogen) atoms. The highest BCUT2D eigenvalue weighted by Crippen LogP contribution is 2.26. The van der Waals surface area contributed by atoms with Crippen LogP contribution in [0.15, 0.2) is 29.1 Å². The molecule has 0 radical (unpaired) electrons. The van der Waals surface area contributed by atoms with Crippen molar-refractivity contribution in [3.05, 3.63) is 46.2 Å². The van der Waals surface area contributed by atoms with Crippen LogP contribution in [0.25, 0.3) is 0 Å². The molecule has 0 saturated heterocycles. The van der Waals surface area contributed by atoms with E-state index in [1.807, 2.05) is 17.2 Å². The number of hydrogen-bond donors (Lipinski definition) is 1. The first kappa shape index (κ1) is 13.1. The van der Waals surface area contributed by atoms with Crippen molar-refractivity contribution in [2.45, 2.75) is 19.5 Å². The van der Waals surface area contributed by atoms with Crippen molar-refractivity contribution in [1.82, 2.24) is 10.3 Å². The van der Waals surface area contributed by atoms with Gasteiger partial charge in [0.1, 0.15) is 5.82 Å². The first-order valence-corrected chi connectivity index (χ1v) is 7.30. The maximum Gasteiger partial charge on any atom is 0.253 e. The summed E-state index contributed by atoms with van der Waals surface area (Å²) in [6, 6.07) is 4.26. The molecule has 0 bridgehead atoms. The van der Waals surface area contributed by atoms with Gasteiger partial charge in [-0.2, -0.15) is 0 Å². The van der Waals surface area contributed by atoms with Crippen molar-refractivity contribution in [1.29, 1.82) is 0 Å². The fourth-order valence-corrected chi connectivity index (χ4v) is 2.95. The molecule has 2 heterocycles. The van der Waals surface area contributed by atoms with E-state index < -0.39 is 0 Å². The average molecular weight is 291 g/mol. The predicted octanol–water partition coefficient (Wildman–Crippen LogP) is 2.42. The summed E-state index contributed by atoms with van der Waals surface area (Å²) in [5.41, 5.74) is 3.82. The molecule has 1 aliphatic heterocycles. The minimum absolute atomic E-state index is 0.00315. The molecule has 0 spiro atoms. The molecule has 0 aliphatic carbocycles. The van der Waals surface area contributed by atoms with Gasteiger partial charge in [-0.15, -0.1) is 11.3 Å².